The van der Waals surface area contributed by atoms with Crippen molar-refractivity contribution in [3.63, 3.8) is 0 Å². The van der Waals surface area contributed by atoms with E-state index in [1.807, 2.05) is 60.7 Å². The molecule has 2 N–H and O–H groups in total. The van der Waals surface area contributed by atoms with E-state index in [1.54, 1.807) is 0 Å². The number of aliphatic hydroxyl groups is 1. The maximum absolute atomic E-state index is 12.4. The Bertz CT molecular complexity index is 465. The van der Waals surface area contributed by atoms with Gasteiger partial charge in [0, 0.05) is 6.54 Å². The van der Waals surface area contributed by atoms with Crippen molar-refractivity contribution in [2.24, 2.45) is 0 Å². The van der Waals surface area contributed by atoms with Crippen molar-refractivity contribution >= 4 is 0 Å². The number of rotatable bonds is 6. The molecule has 2 aromatic rings. The molecule has 0 radical (unpaired) electrons. The van der Waals surface area contributed by atoms with Gasteiger partial charge in [0.25, 0.3) is 6.43 Å². The van der Waals surface area contributed by atoms with E-state index in [4.69, 9.17) is 0 Å². The van der Waals surface area contributed by atoms with Gasteiger partial charge in [-0.25, -0.2) is 8.78 Å². The zero-order valence-corrected chi connectivity index (χ0v) is 10.9. The van der Waals surface area contributed by atoms with Crippen LogP contribution >= 0.6 is 0 Å². The van der Waals surface area contributed by atoms with Gasteiger partial charge in [-0.15, -0.1) is 0 Å². The van der Waals surface area contributed by atoms with E-state index in [0.717, 1.165) is 11.1 Å². The molecule has 2 nitrogen and oxygen atoms in total. The van der Waals surface area contributed by atoms with Crippen LogP contribution in [-0.4, -0.2) is 24.2 Å². The largest absolute Gasteiger partial charge is 0.386 e. The summed E-state index contributed by atoms with van der Waals surface area (Å²) in [4.78, 5) is 0. The molecule has 1 unspecified atom stereocenters. The monoisotopic (exact) mass is 277 g/mol. The van der Waals surface area contributed by atoms with Gasteiger partial charge < -0.3 is 10.4 Å². The lowest BCUT2D eigenvalue weighted by Crippen LogP contribution is -2.34. The van der Waals surface area contributed by atoms with Gasteiger partial charge in [0.05, 0.1) is 6.04 Å². The molecule has 0 aromatic heterocycles. The second-order valence-corrected chi connectivity index (χ2v) is 4.56. The second-order valence-electron chi connectivity index (χ2n) is 4.56. The van der Waals surface area contributed by atoms with E-state index < -0.39 is 12.5 Å². The average molecular weight is 277 g/mol. The molecular weight excluding hydrogens is 260 g/mol. The molecule has 0 amide bonds. The minimum absolute atomic E-state index is 0.161. The van der Waals surface area contributed by atoms with Gasteiger partial charge in [-0.05, 0) is 11.1 Å². The lowest BCUT2D eigenvalue weighted by atomic mass is 9.98. The van der Waals surface area contributed by atoms with E-state index in [9.17, 15) is 13.9 Å². The summed E-state index contributed by atoms with van der Waals surface area (Å²) in [6.07, 6.45) is -4.40. The number of aliphatic hydroxyl groups excluding tert-OH is 1. The Hall–Kier alpha value is -1.78. The molecule has 0 heterocycles. The molecule has 106 valence electrons. The number of alkyl halides is 2. The SMILES string of the molecule is OC(CNC(c1ccccc1)c1ccccc1)C(F)F. The van der Waals surface area contributed by atoms with Gasteiger partial charge in [0.15, 0.2) is 0 Å². The first kappa shape index (κ1) is 14.6. The summed E-state index contributed by atoms with van der Waals surface area (Å²) in [5.74, 6) is 0. The third kappa shape index (κ3) is 3.85. The number of hydrogen-bond acceptors (Lipinski definition) is 2. The fraction of sp³-hybridized carbons (Fsp3) is 0.250. The minimum atomic E-state index is -2.74. The van der Waals surface area contributed by atoms with Crippen molar-refractivity contribution in [2.45, 2.75) is 18.6 Å². The van der Waals surface area contributed by atoms with E-state index >= 15 is 0 Å². The summed E-state index contributed by atoms with van der Waals surface area (Å²) < 4.78 is 24.8. The Balaban J connectivity index is 2.17. The average Bonchev–Trinajstić information content (AvgIpc) is 2.49. The minimum Gasteiger partial charge on any atom is -0.386 e. The Kier molecular flexibility index (Phi) is 5.21. The summed E-state index contributed by atoms with van der Waals surface area (Å²) in [7, 11) is 0. The highest BCUT2D eigenvalue weighted by Crippen LogP contribution is 2.21. The van der Waals surface area contributed by atoms with Crippen LogP contribution in [0.4, 0.5) is 8.78 Å². The van der Waals surface area contributed by atoms with E-state index in [-0.39, 0.29) is 12.6 Å². The van der Waals surface area contributed by atoms with Crippen molar-refractivity contribution in [2.75, 3.05) is 6.54 Å². The van der Waals surface area contributed by atoms with Crippen LogP contribution in [0.1, 0.15) is 17.2 Å². The third-order valence-electron chi connectivity index (χ3n) is 3.09. The highest BCUT2D eigenvalue weighted by atomic mass is 19.3. The van der Waals surface area contributed by atoms with E-state index in [0.29, 0.717) is 0 Å². The zero-order valence-electron chi connectivity index (χ0n) is 10.9. The number of hydrogen-bond donors (Lipinski definition) is 2. The lowest BCUT2D eigenvalue weighted by Gasteiger charge is -2.21. The number of benzene rings is 2. The van der Waals surface area contributed by atoms with Crippen LogP contribution in [0.5, 0.6) is 0 Å². The molecule has 0 saturated heterocycles. The molecule has 0 aliphatic carbocycles. The maximum Gasteiger partial charge on any atom is 0.265 e. The summed E-state index contributed by atoms with van der Waals surface area (Å²) in [6.45, 7) is -0.161. The molecule has 1 atom stereocenters. The number of nitrogens with one attached hydrogen (secondary N) is 1. The van der Waals surface area contributed by atoms with Crippen LogP contribution in [-0.2, 0) is 0 Å². The Morgan fingerprint density at radius 3 is 1.70 bits per heavy atom. The van der Waals surface area contributed by atoms with Crippen molar-refractivity contribution in [1.82, 2.24) is 5.32 Å². The van der Waals surface area contributed by atoms with Crippen molar-refractivity contribution in [3.05, 3.63) is 71.8 Å². The predicted octanol–water partition coefficient (Wildman–Crippen LogP) is 2.99. The second kappa shape index (κ2) is 7.12. The molecule has 0 fully saturated rings. The van der Waals surface area contributed by atoms with Gasteiger partial charge in [-0.2, -0.15) is 0 Å². The standard InChI is InChI=1S/C16H17F2NO/c17-16(18)14(20)11-19-15(12-7-3-1-4-8-12)13-9-5-2-6-10-13/h1-10,14-16,19-20H,11H2. The Morgan fingerprint density at radius 1 is 0.850 bits per heavy atom. The summed E-state index contributed by atoms with van der Waals surface area (Å²) in [5, 5.41) is 12.3. The van der Waals surface area contributed by atoms with Crippen LogP contribution in [0, 0.1) is 0 Å². The van der Waals surface area contributed by atoms with Crippen LogP contribution < -0.4 is 5.32 Å². The topological polar surface area (TPSA) is 32.3 Å². The first-order valence-corrected chi connectivity index (χ1v) is 6.48. The summed E-state index contributed by atoms with van der Waals surface area (Å²) in [6, 6.07) is 18.9. The van der Waals surface area contributed by atoms with Gasteiger partial charge in [-0.1, -0.05) is 60.7 Å². The molecule has 4 heteroatoms. The quantitative estimate of drug-likeness (QED) is 0.850. The van der Waals surface area contributed by atoms with E-state index in [2.05, 4.69) is 5.32 Å². The fourth-order valence-electron chi connectivity index (χ4n) is 2.05. The summed E-state index contributed by atoms with van der Waals surface area (Å²) in [5.41, 5.74) is 1.94. The molecule has 0 aliphatic heterocycles. The van der Waals surface area contributed by atoms with Gasteiger partial charge in [-0.3, -0.25) is 0 Å². The maximum atomic E-state index is 12.4. The first-order chi connectivity index (χ1) is 9.68. The molecule has 0 spiro atoms. The highest BCUT2D eigenvalue weighted by molar-refractivity contribution is 5.31. The lowest BCUT2D eigenvalue weighted by molar-refractivity contribution is -0.00411. The smallest absolute Gasteiger partial charge is 0.265 e. The molecule has 2 rings (SSSR count). The van der Waals surface area contributed by atoms with Crippen molar-refractivity contribution in [1.29, 1.82) is 0 Å². The van der Waals surface area contributed by atoms with Gasteiger partial charge in [0.2, 0.25) is 0 Å². The van der Waals surface area contributed by atoms with Gasteiger partial charge in [0.1, 0.15) is 6.10 Å². The Labute approximate surface area is 117 Å². The van der Waals surface area contributed by atoms with E-state index in [1.165, 1.54) is 0 Å². The van der Waals surface area contributed by atoms with Crippen LogP contribution in [0.2, 0.25) is 0 Å². The molecule has 0 saturated carbocycles. The molecule has 0 aliphatic rings. The zero-order chi connectivity index (χ0) is 14.4. The molecule has 20 heavy (non-hydrogen) atoms. The molecule has 0 bridgehead atoms. The molecular formula is C16H17F2NO. The molecule has 2 aromatic carbocycles. The predicted molar refractivity (Wildman–Crippen MR) is 74.7 cm³/mol. The van der Waals surface area contributed by atoms with Crippen LogP contribution in [0.15, 0.2) is 60.7 Å². The first-order valence-electron chi connectivity index (χ1n) is 6.48. The van der Waals surface area contributed by atoms with Gasteiger partial charge >= 0.3 is 0 Å². The Morgan fingerprint density at radius 2 is 1.30 bits per heavy atom. The van der Waals surface area contributed by atoms with Crippen molar-refractivity contribution < 1.29 is 13.9 Å². The highest BCUT2D eigenvalue weighted by Gasteiger charge is 2.20. The number of halogens is 2. The fourth-order valence-corrected chi connectivity index (χ4v) is 2.05. The van der Waals surface area contributed by atoms with Crippen LogP contribution in [0.25, 0.3) is 0 Å². The van der Waals surface area contributed by atoms with Crippen molar-refractivity contribution in [3.8, 4) is 0 Å². The summed E-state index contributed by atoms with van der Waals surface area (Å²) >= 11 is 0. The normalized spacial score (nSPS) is 12.8. The van der Waals surface area contributed by atoms with Crippen LogP contribution in [0.3, 0.4) is 0 Å². The third-order valence-corrected chi connectivity index (χ3v) is 3.09.